The van der Waals surface area contributed by atoms with Crippen LogP contribution >= 0.6 is 46.3 Å². The van der Waals surface area contributed by atoms with Gasteiger partial charge in [-0.2, -0.15) is 0 Å². The van der Waals surface area contributed by atoms with Gasteiger partial charge in [0.25, 0.3) is 5.91 Å². The minimum absolute atomic E-state index is 0.142. The number of carbonyl (C=O) groups is 2. The van der Waals surface area contributed by atoms with Crippen LogP contribution in [0.25, 0.3) is 0 Å². The van der Waals surface area contributed by atoms with E-state index in [0.717, 1.165) is 5.56 Å². The third-order valence-electron chi connectivity index (χ3n) is 3.34. The first-order chi connectivity index (χ1) is 12.4. The predicted octanol–water partition coefficient (Wildman–Crippen LogP) is 4.92. The van der Waals surface area contributed by atoms with E-state index < -0.39 is 0 Å². The summed E-state index contributed by atoms with van der Waals surface area (Å²) < 4.78 is 0.673. The molecule has 0 aliphatic heterocycles. The lowest BCUT2D eigenvalue weighted by Gasteiger charge is -2.04. The Bertz CT molecular complexity index is 951. The van der Waals surface area contributed by atoms with Gasteiger partial charge in [-0.05, 0) is 29.8 Å². The van der Waals surface area contributed by atoms with Gasteiger partial charge in [-0.3, -0.25) is 14.9 Å². The predicted molar refractivity (Wildman–Crippen MR) is 105 cm³/mol. The number of anilines is 1. The number of aromatic amines is 1. The molecule has 1 aromatic carbocycles. The van der Waals surface area contributed by atoms with Crippen molar-refractivity contribution >= 4 is 63.1 Å². The van der Waals surface area contributed by atoms with Crippen LogP contribution in [0.1, 0.15) is 33.5 Å². The summed E-state index contributed by atoms with van der Waals surface area (Å²) in [5, 5.41) is 12.2. The first-order valence-electron chi connectivity index (χ1n) is 7.34. The lowest BCUT2D eigenvalue weighted by Crippen LogP contribution is -2.12. The minimum Gasteiger partial charge on any atom is -0.348 e. The van der Waals surface area contributed by atoms with E-state index in [1.165, 1.54) is 30.0 Å². The largest absolute Gasteiger partial charge is 0.348 e. The molecule has 3 rings (SSSR count). The molecule has 6 nitrogen and oxygen atoms in total. The van der Waals surface area contributed by atoms with E-state index in [0.29, 0.717) is 31.0 Å². The molecule has 2 heterocycles. The van der Waals surface area contributed by atoms with Gasteiger partial charge in [0.2, 0.25) is 5.13 Å². The van der Waals surface area contributed by atoms with E-state index in [9.17, 15) is 9.59 Å². The van der Waals surface area contributed by atoms with Gasteiger partial charge in [-0.15, -0.1) is 10.2 Å². The number of H-pyrrole nitrogens is 1. The number of hydrogen-bond acceptors (Lipinski definition) is 6. The Morgan fingerprint density at radius 1 is 1.15 bits per heavy atom. The van der Waals surface area contributed by atoms with Crippen molar-refractivity contribution < 1.29 is 9.59 Å². The summed E-state index contributed by atoms with van der Waals surface area (Å²) in [6.45, 7) is 1.42. The highest BCUT2D eigenvalue weighted by atomic mass is 35.5. The number of carbonyl (C=O) groups excluding carboxylic acids is 2. The fourth-order valence-corrected chi connectivity index (χ4v) is 4.51. The molecule has 0 spiro atoms. The van der Waals surface area contributed by atoms with Crippen molar-refractivity contribution in [2.75, 3.05) is 5.32 Å². The molecule has 0 aliphatic rings. The Hall–Kier alpha value is -1.87. The number of benzene rings is 1. The number of amides is 1. The van der Waals surface area contributed by atoms with E-state index >= 15 is 0 Å². The molecule has 0 radical (unpaired) electrons. The van der Waals surface area contributed by atoms with Crippen molar-refractivity contribution in [3.8, 4) is 0 Å². The lowest BCUT2D eigenvalue weighted by molar-refractivity contribution is 0.101. The highest BCUT2D eigenvalue weighted by Crippen LogP contribution is 2.33. The Morgan fingerprint density at radius 2 is 1.85 bits per heavy atom. The van der Waals surface area contributed by atoms with Crippen LogP contribution in [0.3, 0.4) is 0 Å². The van der Waals surface area contributed by atoms with E-state index in [1.54, 1.807) is 30.3 Å². The zero-order chi connectivity index (χ0) is 18.7. The van der Waals surface area contributed by atoms with Crippen molar-refractivity contribution in [1.82, 2.24) is 15.2 Å². The van der Waals surface area contributed by atoms with Gasteiger partial charge >= 0.3 is 0 Å². The SMILES string of the molecule is CC(=O)c1ccc(C(=O)Nc2nnc(SCc3c(Cl)cccc3Cl)s2)[nH]1. The van der Waals surface area contributed by atoms with Gasteiger partial charge in [0.05, 0.1) is 5.69 Å². The van der Waals surface area contributed by atoms with Crippen LogP contribution in [0.2, 0.25) is 10.0 Å². The molecule has 0 saturated carbocycles. The monoisotopic (exact) mass is 426 g/mol. The number of ketones is 1. The number of nitrogens with zero attached hydrogens (tertiary/aromatic N) is 2. The summed E-state index contributed by atoms with van der Waals surface area (Å²) in [6, 6.07) is 8.45. The van der Waals surface area contributed by atoms with E-state index in [-0.39, 0.29) is 17.4 Å². The van der Waals surface area contributed by atoms with Gasteiger partial charge in [-0.1, -0.05) is 52.4 Å². The third-order valence-corrected chi connectivity index (χ3v) is 6.05. The first kappa shape index (κ1) is 18.9. The maximum absolute atomic E-state index is 12.2. The summed E-state index contributed by atoms with van der Waals surface area (Å²) in [5.74, 6) is 0.0101. The second-order valence-electron chi connectivity index (χ2n) is 5.16. The molecule has 0 fully saturated rings. The lowest BCUT2D eigenvalue weighted by atomic mass is 10.2. The Balaban J connectivity index is 1.62. The number of Topliss-reactive ketones (excluding diaryl/α,β-unsaturated/α-hetero) is 1. The Morgan fingerprint density at radius 3 is 2.50 bits per heavy atom. The molecule has 2 N–H and O–H groups in total. The van der Waals surface area contributed by atoms with Crippen LogP contribution in [0.15, 0.2) is 34.7 Å². The van der Waals surface area contributed by atoms with Crippen LogP contribution < -0.4 is 5.32 Å². The van der Waals surface area contributed by atoms with Gasteiger partial charge in [0.1, 0.15) is 5.69 Å². The molecule has 0 unspecified atom stereocenters. The Kier molecular flexibility index (Phi) is 5.98. The quantitative estimate of drug-likeness (QED) is 0.331. The van der Waals surface area contributed by atoms with Crippen LogP contribution in [0.4, 0.5) is 5.13 Å². The van der Waals surface area contributed by atoms with Crippen molar-refractivity contribution in [3.05, 3.63) is 57.3 Å². The van der Waals surface area contributed by atoms with Crippen LogP contribution in [-0.4, -0.2) is 26.9 Å². The van der Waals surface area contributed by atoms with Gasteiger partial charge in [0.15, 0.2) is 10.1 Å². The number of aromatic nitrogens is 3. The normalized spacial score (nSPS) is 10.7. The molecule has 0 saturated heterocycles. The topological polar surface area (TPSA) is 87.7 Å². The number of nitrogens with one attached hydrogen (secondary N) is 2. The molecule has 10 heteroatoms. The number of rotatable bonds is 6. The molecule has 3 aromatic rings. The zero-order valence-corrected chi connectivity index (χ0v) is 16.5. The van der Waals surface area contributed by atoms with E-state index in [4.69, 9.17) is 23.2 Å². The van der Waals surface area contributed by atoms with Gasteiger partial charge < -0.3 is 4.98 Å². The summed E-state index contributed by atoms with van der Waals surface area (Å²) >= 11 is 15.0. The maximum Gasteiger partial charge on any atom is 0.273 e. The van der Waals surface area contributed by atoms with Gasteiger partial charge in [0, 0.05) is 22.7 Å². The number of hydrogen-bond donors (Lipinski definition) is 2. The molecule has 0 aliphatic carbocycles. The summed E-state index contributed by atoms with van der Waals surface area (Å²) in [7, 11) is 0. The molecular weight excluding hydrogens is 415 g/mol. The van der Waals surface area contributed by atoms with Gasteiger partial charge in [-0.25, -0.2) is 0 Å². The van der Waals surface area contributed by atoms with Crippen LogP contribution in [-0.2, 0) is 5.75 Å². The highest BCUT2D eigenvalue weighted by Gasteiger charge is 2.14. The molecule has 1 amide bonds. The van der Waals surface area contributed by atoms with Crippen molar-refractivity contribution in [3.63, 3.8) is 0 Å². The highest BCUT2D eigenvalue weighted by molar-refractivity contribution is 8.00. The molecule has 26 heavy (non-hydrogen) atoms. The molecule has 134 valence electrons. The summed E-state index contributed by atoms with van der Waals surface area (Å²) in [6.07, 6.45) is 0. The third kappa shape index (κ3) is 4.45. The number of thioether (sulfide) groups is 1. The zero-order valence-electron chi connectivity index (χ0n) is 13.4. The van der Waals surface area contributed by atoms with Crippen molar-refractivity contribution in [2.24, 2.45) is 0 Å². The minimum atomic E-state index is -0.389. The van der Waals surface area contributed by atoms with Crippen molar-refractivity contribution in [1.29, 1.82) is 0 Å². The number of halogens is 2. The Labute approximate surface area is 167 Å². The smallest absolute Gasteiger partial charge is 0.273 e. The average molecular weight is 427 g/mol. The summed E-state index contributed by atoms with van der Waals surface area (Å²) in [4.78, 5) is 26.2. The molecule has 0 atom stereocenters. The maximum atomic E-state index is 12.2. The van der Waals surface area contributed by atoms with Crippen LogP contribution in [0.5, 0.6) is 0 Å². The average Bonchev–Trinajstić information content (AvgIpc) is 3.24. The fraction of sp³-hybridized carbons (Fsp3) is 0.125. The van der Waals surface area contributed by atoms with E-state index in [1.807, 2.05) is 0 Å². The summed E-state index contributed by atoms with van der Waals surface area (Å²) in [5.41, 5.74) is 1.48. The standard InChI is InChI=1S/C16H12Cl2N4O2S2/c1-8(23)12-5-6-13(19-12)14(24)20-15-21-22-16(26-15)25-7-9-10(17)3-2-4-11(9)18/h2-6,19H,7H2,1H3,(H,20,21,24). The van der Waals surface area contributed by atoms with E-state index in [2.05, 4.69) is 20.5 Å². The second kappa shape index (κ2) is 8.22. The molecule has 0 bridgehead atoms. The van der Waals surface area contributed by atoms with Crippen LogP contribution in [0, 0.1) is 0 Å². The first-order valence-corrected chi connectivity index (χ1v) is 9.90. The molecular formula is C16H12Cl2N4O2S2. The molecule has 2 aromatic heterocycles. The van der Waals surface area contributed by atoms with Crippen molar-refractivity contribution in [2.45, 2.75) is 17.0 Å². The fourth-order valence-electron chi connectivity index (χ4n) is 2.02. The second-order valence-corrected chi connectivity index (χ2v) is 8.17.